The highest BCUT2D eigenvalue weighted by Crippen LogP contribution is 2.30. The van der Waals surface area contributed by atoms with Gasteiger partial charge in [-0.1, -0.05) is 0 Å². The van der Waals surface area contributed by atoms with Crippen molar-refractivity contribution in [2.75, 3.05) is 50.7 Å². The molecular formula is C30H43N7O5. The minimum absolute atomic E-state index is 0.122. The van der Waals surface area contributed by atoms with E-state index in [0.29, 0.717) is 18.0 Å². The maximum atomic E-state index is 13.1. The molecule has 0 spiro atoms. The van der Waals surface area contributed by atoms with E-state index in [2.05, 4.69) is 20.0 Å². The van der Waals surface area contributed by atoms with Gasteiger partial charge in [0.1, 0.15) is 11.6 Å². The molecule has 2 unspecified atom stereocenters. The molecule has 1 aromatic carbocycles. The fraction of sp³-hybridized carbons (Fsp3) is 0.667. The fourth-order valence-electron chi connectivity index (χ4n) is 6.91. The van der Waals surface area contributed by atoms with E-state index < -0.39 is 17.6 Å². The van der Waals surface area contributed by atoms with Crippen molar-refractivity contribution < 1.29 is 19.1 Å². The molecule has 0 saturated carbocycles. The molecule has 1 aromatic heterocycles. The molecule has 4 aliphatic heterocycles. The number of anilines is 1. The normalized spacial score (nSPS) is 25.0. The second-order valence-corrected chi connectivity index (χ2v) is 13.1. The Morgan fingerprint density at radius 3 is 2.36 bits per heavy atom. The first-order valence-corrected chi connectivity index (χ1v) is 15.3. The number of hydrogen-bond donors (Lipinski definition) is 1. The van der Waals surface area contributed by atoms with Crippen LogP contribution in [-0.2, 0) is 21.4 Å². The van der Waals surface area contributed by atoms with E-state index in [9.17, 15) is 19.2 Å². The molecule has 12 nitrogen and oxygen atoms in total. The number of fused-ring (bicyclic) bond motifs is 1. The molecule has 12 heteroatoms. The molecule has 5 heterocycles. The first-order chi connectivity index (χ1) is 20.0. The number of benzene rings is 1. The van der Waals surface area contributed by atoms with Gasteiger partial charge >= 0.3 is 11.8 Å². The average Bonchev–Trinajstić information content (AvgIpc) is 3.17. The number of carbonyl (C=O) groups is 3. The zero-order chi connectivity index (χ0) is 29.8. The number of aryl methyl sites for hydroxylation is 1. The van der Waals surface area contributed by atoms with Gasteiger partial charge in [0.15, 0.2) is 0 Å². The van der Waals surface area contributed by atoms with Crippen LogP contribution in [0.5, 0.6) is 0 Å². The highest BCUT2D eigenvalue weighted by Gasteiger charge is 2.42. The van der Waals surface area contributed by atoms with E-state index in [-0.39, 0.29) is 30.3 Å². The number of aromatic nitrogens is 2. The van der Waals surface area contributed by atoms with Gasteiger partial charge in [-0.25, -0.2) is 9.59 Å². The average molecular weight is 582 g/mol. The molecule has 3 amide bonds. The number of rotatable bonds is 4. The molecule has 0 bridgehead atoms. The molecule has 0 aliphatic carbocycles. The zero-order valence-corrected chi connectivity index (χ0v) is 25.2. The van der Waals surface area contributed by atoms with Crippen molar-refractivity contribution in [3.8, 4) is 0 Å². The molecule has 2 atom stereocenters. The first-order valence-electron chi connectivity index (χ1n) is 15.3. The second-order valence-electron chi connectivity index (χ2n) is 13.1. The Morgan fingerprint density at radius 1 is 0.929 bits per heavy atom. The van der Waals surface area contributed by atoms with Crippen LogP contribution in [0, 0.1) is 0 Å². The van der Waals surface area contributed by atoms with Gasteiger partial charge in [-0.3, -0.25) is 38.7 Å². The molecule has 42 heavy (non-hydrogen) atoms. The minimum atomic E-state index is -0.680. The van der Waals surface area contributed by atoms with Gasteiger partial charge in [0.2, 0.25) is 11.8 Å². The van der Waals surface area contributed by atoms with Crippen LogP contribution in [0.1, 0.15) is 58.9 Å². The number of carbonyl (C=O) groups excluding carboxylic acids is 3. The van der Waals surface area contributed by atoms with Gasteiger partial charge in [-0.15, -0.1) is 0 Å². The summed E-state index contributed by atoms with van der Waals surface area (Å²) in [6, 6.07) is 5.79. The van der Waals surface area contributed by atoms with Crippen LogP contribution < -0.4 is 15.9 Å². The minimum Gasteiger partial charge on any atom is -0.444 e. The van der Waals surface area contributed by atoms with Crippen molar-refractivity contribution in [3.63, 3.8) is 0 Å². The van der Waals surface area contributed by atoms with Gasteiger partial charge in [-0.2, -0.15) is 0 Å². The topological polar surface area (TPSA) is 112 Å². The Labute approximate surface area is 246 Å². The number of imide groups is 1. The van der Waals surface area contributed by atoms with Crippen LogP contribution in [0.3, 0.4) is 0 Å². The van der Waals surface area contributed by atoms with Crippen molar-refractivity contribution in [1.29, 1.82) is 0 Å². The smallest absolute Gasteiger partial charge is 0.411 e. The highest BCUT2D eigenvalue weighted by atomic mass is 16.6. The van der Waals surface area contributed by atoms with Crippen LogP contribution in [0.4, 0.5) is 10.5 Å². The van der Waals surface area contributed by atoms with Crippen molar-refractivity contribution in [1.82, 2.24) is 29.2 Å². The predicted molar refractivity (Wildman–Crippen MR) is 158 cm³/mol. The summed E-state index contributed by atoms with van der Waals surface area (Å²) >= 11 is 0. The Bertz CT molecular complexity index is 1430. The number of likely N-dealkylation sites (tertiary alicyclic amines) is 2. The number of hydrogen-bond acceptors (Lipinski definition) is 8. The summed E-state index contributed by atoms with van der Waals surface area (Å²) in [6.45, 7) is 12.1. The van der Waals surface area contributed by atoms with Crippen molar-refractivity contribution >= 4 is 34.6 Å². The lowest BCUT2D eigenvalue weighted by Gasteiger charge is -2.53. The molecule has 1 N–H and O–H groups in total. The van der Waals surface area contributed by atoms with Gasteiger partial charge in [-0.05, 0) is 64.7 Å². The maximum absolute atomic E-state index is 13.1. The molecule has 4 fully saturated rings. The molecule has 0 radical (unpaired) electrons. The van der Waals surface area contributed by atoms with Crippen LogP contribution in [0.25, 0.3) is 11.0 Å². The molecule has 228 valence electrons. The van der Waals surface area contributed by atoms with E-state index in [1.807, 2.05) is 43.9 Å². The molecule has 2 aromatic rings. The summed E-state index contributed by atoms with van der Waals surface area (Å²) in [6.07, 6.45) is 3.63. The number of amides is 3. The number of piperidine rings is 2. The third kappa shape index (κ3) is 5.42. The van der Waals surface area contributed by atoms with Crippen molar-refractivity contribution in [2.45, 2.75) is 76.7 Å². The monoisotopic (exact) mass is 581 g/mol. The van der Waals surface area contributed by atoms with Crippen molar-refractivity contribution in [3.05, 3.63) is 28.7 Å². The molecule has 6 rings (SSSR count). The lowest BCUT2D eigenvalue weighted by atomic mass is 10.00. The number of imidazole rings is 1. The van der Waals surface area contributed by atoms with Gasteiger partial charge < -0.3 is 9.64 Å². The zero-order valence-electron chi connectivity index (χ0n) is 25.2. The Morgan fingerprint density at radius 2 is 1.67 bits per heavy atom. The SMILES string of the molecule is Cn1c(=O)n(C2CCC(=O)NC2=O)c2ccc(N3CCN(C4CN(C5CCCCN5C(=O)OC(C)(C)C)C4)CC3)cc21. The quantitative estimate of drug-likeness (QED) is 0.545. The fourth-order valence-corrected chi connectivity index (χ4v) is 6.91. The highest BCUT2D eigenvalue weighted by molar-refractivity contribution is 6.00. The molecule has 4 saturated heterocycles. The van der Waals surface area contributed by atoms with Gasteiger partial charge in [0, 0.05) is 71.0 Å². The van der Waals surface area contributed by atoms with Crippen LogP contribution in [-0.4, -0.2) is 105 Å². The summed E-state index contributed by atoms with van der Waals surface area (Å²) in [5, 5.41) is 2.37. The van der Waals surface area contributed by atoms with Crippen LogP contribution in [0.2, 0.25) is 0 Å². The number of piperazine rings is 1. The third-order valence-corrected chi connectivity index (χ3v) is 9.20. The standard InChI is InChI=1S/C30H43N7O5/c1-30(2,3)42-29(41)36-12-6-5-7-26(36)35-18-21(19-35)34-15-13-33(14-16-34)20-8-9-22-24(17-20)32(4)28(40)37(22)23-10-11-25(38)31-27(23)39/h8-9,17,21,23,26H,5-7,10-16,18-19H2,1-4H3,(H,31,38,39). The van der Waals surface area contributed by atoms with E-state index in [1.165, 1.54) is 4.57 Å². The number of ether oxygens (including phenoxy) is 1. The summed E-state index contributed by atoms with van der Waals surface area (Å²) in [5.41, 5.74) is 1.80. The molecule has 4 aliphatic rings. The number of nitrogens with zero attached hydrogens (tertiary/aromatic N) is 6. The van der Waals surface area contributed by atoms with Gasteiger partial charge in [0.25, 0.3) is 0 Å². The summed E-state index contributed by atoms with van der Waals surface area (Å²) in [4.78, 5) is 59.4. The lowest BCUT2D eigenvalue weighted by molar-refractivity contribution is -0.135. The van der Waals surface area contributed by atoms with E-state index in [1.54, 1.807) is 11.6 Å². The van der Waals surface area contributed by atoms with Gasteiger partial charge in [0.05, 0.1) is 17.2 Å². The first kappa shape index (κ1) is 28.7. The Balaban J connectivity index is 1.07. The number of nitrogens with one attached hydrogen (secondary N) is 1. The summed E-state index contributed by atoms with van der Waals surface area (Å²) in [5.74, 6) is -0.714. The third-order valence-electron chi connectivity index (χ3n) is 9.20. The maximum Gasteiger partial charge on any atom is 0.411 e. The van der Waals surface area contributed by atoms with E-state index >= 15 is 0 Å². The lowest BCUT2D eigenvalue weighted by Crippen LogP contribution is -2.68. The second kappa shape index (κ2) is 11.0. The Hall–Kier alpha value is -3.38. The van der Waals surface area contributed by atoms with E-state index in [0.717, 1.165) is 76.3 Å². The predicted octanol–water partition coefficient (Wildman–Crippen LogP) is 1.87. The Kier molecular flexibility index (Phi) is 7.55. The summed E-state index contributed by atoms with van der Waals surface area (Å²) < 4.78 is 8.81. The molecular weight excluding hydrogens is 538 g/mol. The summed E-state index contributed by atoms with van der Waals surface area (Å²) in [7, 11) is 1.73. The van der Waals surface area contributed by atoms with Crippen molar-refractivity contribution in [2.24, 2.45) is 7.05 Å². The van der Waals surface area contributed by atoms with Crippen LogP contribution >= 0.6 is 0 Å². The van der Waals surface area contributed by atoms with E-state index in [4.69, 9.17) is 4.74 Å². The van der Waals surface area contributed by atoms with Crippen LogP contribution in [0.15, 0.2) is 23.0 Å². The largest absolute Gasteiger partial charge is 0.444 e.